The van der Waals surface area contributed by atoms with E-state index in [4.69, 9.17) is 22.4 Å². The van der Waals surface area contributed by atoms with Gasteiger partial charge in [-0.15, -0.1) is 0 Å². The fraction of sp³-hybridized carbons (Fsp3) is 0.211. The van der Waals surface area contributed by atoms with Crippen molar-refractivity contribution in [1.82, 2.24) is 9.55 Å². The molecule has 1 aliphatic heterocycles. The molecule has 124 valence electrons. The molecule has 1 fully saturated rings. The third kappa shape index (κ3) is 2.12. The van der Waals surface area contributed by atoms with Gasteiger partial charge in [-0.25, -0.2) is 0 Å². The lowest BCUT2D eigenvalue weighted by Gasteiger charge is -2.31. The van der Waals surface area contributed by atoms with E-state index in [0.29, 0.717) is 16.9 Å². The summed E-state index contributed by atoms with van der Waals surface area (Å²) >= 11 is 6.17. The Labute approximate surface area is 149 Å². The lowest BCUT2D eigenvalue weighted by Crippen LogP contribution is -2.31. The van der Waals surface area contributed by atoms with Crippen LogP contribution in [0.25, 0.3) is 10.9 Å². The first kappa shape index (κ1) is 14.7. The minimum Gasteiger partial charge on any atom is -0.325 e. The third-order valence-corrected chi connectivity index (χ3v) is 5.49. The minimum absolute atomic E-state index is 0.0372. The van der Waals surface area contributed by atoms with Gasteiger partial charge in [0.1, 0.15) is 5.82 Å². The monoisotopic (exact) mass is 349 g/mol. The molecule has 25 heavy (non-hydrogen) atoms. The second-order valence-electron chi connectivity index (χ2n) is 6.69. The molecule has 2 N–H and O–H groups in total. The smallest absolute Gasteiger partial charge is 0.229 e. The molecular weight excluding hydrogens is 334 g/mol. The predicted octanol–water partition coefficient (Wildman–Crippen LogP) is 3.88. The van der Waals surface area contributed by atoms with Crippen molar-refractivity contribution in [3.63, 3.8) is 0 Å². The van der Waals surface area contributed by atoms with Crippen LogP contribution in [0.15, 0.2) is 42.5 Å². The molecule has 0 amide bonds. The van der Waals surface area contributed by atoms with Crippen LogP contribution in [0.2, 0.25) is 5.02 Å². The number of hydrogen-bond donors (Lipinski definition) is 2. The van der Waals surface area contributed by atoms with Crippen LogP contribution < -0.4 is 10.5 Å². The Kier molecular flexibility index (Phi) is 3.03. The summed E-state index contributed by atoms with van der Waals surface area (Å²) in [6.07, 6.45) is 2.33. The molecule has 2 atom stereocenters. The van der Waals surface area contributed by atoms with Gasteiger partial charge in [0.25, 0.3) is 0 Å². The molecule has 2 aromatic carbocycles. The summed E-state index contributed by atoms with van der Waals surface area (Å²) in [5, 5.41) is 17.4. The first-order chi connectivity index (χ1) is 12.2. The zero-order chi connectivity index (χ0) is 17.1. The van der Waals surface area contributed by atoms with Crippen molar-refractivity contribution in [2.75, 3.05) is 11.4 Å². The van der Waals surface area contributed by atoms with E-state index in [-0.39, 0.29) is 5.62 Å². The molecule has 3 aromatic rings. The molecule has 1 saturated carbocycles. The summed E-state index contributed by atoms with van der Waals surface area (Å²) in [6, 6.07) is 14.0. The van der Waals surface area contributed by atoms with Crippen LogP contribution in [-0.4, -0.2) is 22.4 Å². The molecule has 1 aromatic heterocycles. The number of nitrogens with zero attached hydrogens (tertiary/aromatic N) is 3. The molecule has 0 radical (unpaired) electrons. The third-order valence-electron chi connectivity index (χ3n) is 5.25. The predicted molar refractivity (Wildman–Crippen MR) is 99.1 cm³/mol. The number of halogens is 1. The standard InChI is InChI=1S/C19H16ClN5/c20-12-5-6-14-17(8-12)25(10-21)19(22)23-18(14)24-9-11-7-15(11)13-3-1-2-4-16(13)24/h1-6,8,10-11,15,21-22H,7,9H2. The largest absolute Gasteiger partial charge is 0.325 e. The molecule has 2 aliphatic rings. The normalized spacial score (nSPS) is 20.9. The molecule has 1 aliphatic carbocycles. The van der Waals surface area contributed by atoms with Gasteiger partial charge in [0.2, 0.25) is 5.62 Å². The van der Waals surface area contributed by atoms with E-state index >= 15 is 0 Å². The average molecular weight is 350 g/mol. The van der Waals surface area contributed by atoms with E-state index in [0.717, 1.165) is 29.6 Å². The highest BCUT2D eigenvalue weighted by molar-refractivity contribution is 6.31. The van der Waals surface area contributed by atoms with E-state index in [9.17, 15) is 0 Å². The summed E-state index contributed by atoms with van der Waals surface area (Å²) in [7, 11) is 0. The maximum absolute atomic E-state index is 8.26. The number of aromatic nitrogens is 2. The topological polar surface area (TPSA) is 68.8 Å². The van der Waals surface area contributed by atoms with Crippen molar-refractivity contribution in [2.24, 2.45) is 5.92 Å². The number of fused-ring (bicyclic) bond motifs is 4. The van der Waals surface area contributed by atoms with Gasteiger partial charge in [0.15, 0.2) is 0 Å². The Morgan fingerprint density at radius 3 is 2.88 bits per heavy atom. The zero-order valence-corrected chi connectivity index (χ0v) is 14.2. The Balaban J connectivity index is 1.80. The van der Waals surface area contributed by atoms with Crippen LogP contribution in [0.3, 0.4) is 0 Å². The molecule has 6 heteroatoms. The Hall–Kier alpha value is -2.66. The molecule has 0 spiro atoms. The van der Waals surface area contributed by atoms with Crippen LogP contribution in [-0.2, 0) is 0 Å². The Bertz CT molecular complexity index is 1090. The summed E-state index contributed by atoms with van der Waals surface area (Å²) in [5.41, 5.74) is 3.32. The van der Waals surface area contributed by atoms with Crippen molar-refractivity contribution >= 4 is 40.3 Å². The van der Waals surface area contributed by atoms with Gasteiger partial charge in [-0.3, -0.25) is 15.4 Å². The molecule has 0 bridgehead atoms. The highest BCUT2D eigenvalue weighted by atomic mass is 35.5. The van der Waals surface area contributed by atoms with E-state index in [1.807, 2.05) is 12.1 Å². The fourth-order valence-electron chi connectivity index (χ4n) is 3.97. The number of anilines is 2. The lowest BCUT2D eigenvalue weighted by molar-refractivity contribution is 0.741. The van der Waals surface area contributed by atoms with Crippen molar-refractivity contribution < 1.29 is 0 Å². The molecular formula is C19H16ClN5. The van der Waals surface area contributed by atoms with E-state index in [1.54, 1.807) is 6.07 Å². The van der Waals surface area contributed by atoms with Crippen LogP contribution in [0.4, 0.5) is 11.5 Å². The van der Waals surface area contributed by atoms with Crippen LogP contribution in [0.1, 0.15) is 17.9 Å². The van der Waals surface area contributed by atoms with Gasteiger partial charge in [-0.1, -0.05) is 29.8 Å². The van der Waals surface area contributed by atoms with Gasteiger partial charge in [0, 0.05) is 22.6 Å². The maximum Gasteiger partial charge on any atom is 0.229 e. The van der Waals surface area contributed by atoms with E-state index in [2.05, 4.69) is 34.1 Å². The highest BCUT2D eigenvalue weighted by Gasteiger charge is 2.45. The van der Waals surface area contributed by atoms with Crippen LogP contribution in [0.5, 0.6) is 0 Å². The SMILES string of the molecule is N=Cn1c(=N)nc(N2CC3CC3c3ccccc32)c2ccc(Cl)cc21. The van der Waals surface area contributed by atoms with Gasteiger partial charge >= 0.3 is 0 Å². The van der Waals surface area contributed by atoms with Gasteiger partial charge in [-0.05, 0) is 48.1 Å². The van der Waals surface area contributed by atoms with Crippen LogP contribution in [0, 0.1) is 16.7 Å². The van der Waals surface area contributed by atoms with Gasteiger partial charge in [-0.2, -0.15) is 4.98 Å². The molecule has 2 unspecified atom stereocenters. The molecule has 5 nitrogen and oxygen atoms in total. The van der Waals surface area contributed by atoms with E-state index < -0.39 is 0 Å². The minimum atomic E-state index is 0.0372. The maximum atomic E-state index is 8.26. The summed E-state index contributed by atoms with van der Waals surface area (Å²) < 4.78 is 1.44. The first-order valence-electron chi connectivity index (χ1n) is 8.31. The molecule has 2 heterocycles. The molecule has 0 saturated heterocycles. The summed E-state index contributed by atoms with van der Waals surface area (Å²) in [4.78, 5) is 6.77. The second-order valence-corrected chi connectivity index (χ2v) is 7.13. The van der Waals surface area contributed by atoms with Crippen LogP contribution >= 0.6 is 11.6 Å². The quantitative estimate of drug-likeness (QED) is 0.544. The first-order valence-corrected chi connectivity index (χ1v) is 8.68. The molecule has 5 rings (SSSR count). The highest BCUT2D eigenvalue weighted by Crippen LogP contribution is 2.56. The van der Waals surface area contributed by atoms with Crippen molar-refractivity contribution in [1.29, 1.82) is 10.8 Å². The van der Waals surface area contributed by atoms with Gasteiger partial charge < -0.3 is 4.90 Å². The Morgan fingerprint density at radius 1 is 1.20 bits per heavy atom. The van der Waals surface area contributed by atoms with E-state index in [1.165, 1.54) is 22.2 Å². The van der Waals surface area contributed by atoms with Crippen molar-refractivity contribution in [2.45, 2.75) is 12.3 Å². The summed E-state index contributed by atoms with van der Waals surface area (Å²) in [5.74, 6) is 2.09. The summed E-state index contributed by atoms with van der Waals surface area (Å²) in [6.45, 7) is 0.917. The number of hydrogen-bond acceptors (Lipinski definition) is 4. The van der Waals surface area contributed by atoms with Crippen molar-refractivity contribution in [3.8, 4) is 0 Å². The number of nitrogens with one attached hydrogen (secondary N) is 2. The number of para-hydroxylation sites is 1. The Morgan fingerprint density at radius 2 is 2.04 bits per heavy atom. The number of benzene rings is 2. The lowest BCUT2D eigenvalue weighted by atomic mass is 10.0. The van der Waals surface area contributed by atoms with Crippen molar-refractivity contribution in [3.05, 3.63) is 58.7 Å². The average Bonchev–Trinajstić information content (AvgIpc) is 3.40. The van der Waals surface area contributed by atoms with Gasteiger partial charge in [0.05, 0.1) is 11.9 Å². The number of rotatable bonds is 2. The second kappa shape index (κ2) is 5.17. The fourth-order valence-corrected chi connectivity index (χ4v) is 4.14. The zero-order valence-electron chi connectivity index (χ0n) is 13.4.